The standard InChI is InChI=1S/C16H26FN3O/c1-12(2)13(3)19-16(21)11-20(10-4-9-18)15-7-5-14(17)6-8-15/h5-8,12-13H,4,9-11,18H2,1-3H3,(H,19,21). The molecule has 1 aromatic carbocycles. The van der Waals surface area contributed by atoms with Crippen LogP contribution in [-0.2, 0) is 4.79 Å². The summed E-state index contributed by atoms with van der Waals surface area (Å²) in [6.45, 7) is 7.61. The van der Waals surface area contributed by atoms with E-state index in [9.17, 15) is 9.18 Å². The second-order valence-corrected chi connectivity index (χ2v) is 5.64. The first-order valence-corrected chi connectivity index (χ1v) is 7.44. The van der Waals surface area contributed by atoms with Crippen molar-refractivity contribution in [2.24, 2.45) is 11.7 Å². The van der Waals surface area contributed by atoms with Gasteiger partial charge >= 0.3 is 0 Å². The summed E-state index contributed by atoms with van der Waals surface area (Å²) < 4.78 is 13.0. The van der Waals surface area contributed by atoms with Gasteiger partial charge in [-0.3, -0.25) is 4.79 Å². The molecule has 0 aliphatic carbocycles. The molecule has 1 unspecified atom stereocenters. The second kappa shape index (κ2) is 8.62. The molecule has 0 aromatic heterocycles. The van der Waals surface area contributed by atoms with Gasteiger partial charge in [-0.1, -0.05) is 13.8 Å². The Morgan fingerprint density at radius 2 is 1.90 bits per heavy atom. The van der Waals surface area contributed by atoms with Gasteiger partial charge in [0.15, 0.2) is 0 Å². The number of halogens is 1. The number of hydrogen-bond acceptors (Lipinski definition) is 3. The first-order valence-electron chi connectivity index (χ1n) is 7.44. The third-order valence-corrected chi connectivity index (χ3v) is 3.55. The molecule has 1 atom stereocenters. The zero-order valence-electron chi connectivity index (χ0n) is 13.1. The number of nitrogens with one attached hydrogen (secondary N) is 1. The van der Waals surface area contributed by atoms with Gasteiger partial charge in [0.05, 0.1) is 6.54 Å². The molecule has 0 saturated carbocycles. The van der Waals surface area contributed by atoms with E-state index in [1.54, 1.807) is 12.1 Å². The van der Waals surface area contributed by atoms with Crippen molar-refractivity contribution < 1.29 is 9.18 Å². The number of amides is 1. The lowest BCUT2D eigenvalue weighted by molar-refractivity contribution is -0.120. The van der Waals surface area contributed by atoms with Crippen molar-refractivity contribution in [2.75, 3.05) is 24.5 Å². The molecule has 0 aliphatic heterocycles. The summed E-state index contributed by atoms with van der Waals surface area (Å²) in [6, 6.07) is 6.30. The molecule has 1 rings (SSSR count). The summed E-state index contributed by atoms with van der Waals surface area (Å²) in [4.78, 5) is 14.0. The SMILES string of the molecule is CC(C)C(C)NC(=O)CN(CCCN)c1ccc(F)cc1. The van der Waals surface area contributed by atoms with Crippen molar-refractivity contribution in [3.05, 3.63) is 30.1 Å². The van der Waals surface area contributed by atoms with Crippen LogP contribution in [0.3, 0.4) is 0 Å². The fraction of sp³-hybridized carbons (Fsp3) is 0.562. The van der Waals surface area contributed by atoms with Crippen molar-refractivity contribution in [3.63, 3.8) is 0 Å². The first kappa shape index (κ1) is 17.4. The van der Waals surface area contributed by atoms with Gasteiger partial charge in [0.25, 0.3) is 0 Å². The van der Waals surface area contributed by atoms with Crippen LogP contribution in [0.2, 0.25) is 0 Å². The lowest BCUT2D eigenvalue weighted by Crippen LogP contribution is -2.43. The van der Waals surface area contributed by atoms with Crippen LogP contribution in [-0.4, -0.2) is 31.6 Å². The minimum atomic E-state index is -0.282. The molecule has 3 N–H and O–H groups in total. The predicted octanol–water partition coefficient (Wildman–Crippen LogP) is 2.14. The molecule has 5 heteroatoms. The zero-order chi connectivity index (χ0) is 15.8. The Hall–Kier alpha value is -1.62. The molecule has 0 aliphatic rings. The van der Waals surface area contributed by atoms with Gasteiger partial charge < -0.3 is 16.0 Å². The van der Waals surface area contributed by atoms with Gasteiger partial charge in [0.1, 0.15) is 5.82 Å². The highest BCUT2D eigenvalue weighted by Gasteiger charge is 2.15. The van der Waals surface area contributed by atoms with E-state index >= 15 is 0 Å². The van der Waals surface area contributed by atoms with Crippen LogP contribution in [0, 0.1) is 11.7 Å². The monoisotopic (exact) mass is 295 g/mol. The van der Waals surface area contributed by atoms with Crippen molar-refractivity contribution in [3.8, 4) is 0 Å². The van der Waals surface area contributed by atoms with Gasteiger partial charge in [-0.2, -0.15) is 0 Å². The van der Waals surface area contributed by atoms with Gasteiger partial charge in [-0.25, -0.2) is 4.39 Å². The highest BCUT2D eigenvalue weighted by molar-refractivity contribution is 5.81. The van der Waals surface area contributed by atoms with E-state index < -0.39 is 0 Å². The summed E-state index contributed by atoms with van der Waals surface area (Å²) in [5, 5.41) is 2.98. The summed E-state index contributed by atoms with van der Waals surface area (Å²) in [5.74, 6) is 0.0743. The molecule has 0 saturated heterocycles. The number of rotatable bonds is 8. The van der Waals surface area contributed by atoms with Gasteiger partial charge in [-0.05, 0) is 50.1 Å². The molecule has 0 spiro atoms. The average Bonchev–Trinajstić information content (AvgIpc) is 2.44. The number of nitrogens with zero attached hydrogens (tertiary/aromatic N) is 1. The van der Waals surface area contributed by atoms with Crippen LogP contribution in [0.4, 0.5) is 10.1 Å². The molecule has 21 heavy (non-hydrogen) atoms. The Morgan fingerprint density at radius 1 is 1.29 bits per heavy atom. The fourth-order valence-electron chi connectivity index (χ4n) is 1.87. The molecular formula is C16H26FN3O. The lowest BCUT2D eigenvalue weighted by Gasteiger charge is -2.26. The summed E-state index contributed by atoms with van der Waals surface area (Å²) >= 11 is 0. The Bertz CT molecular complexity index is 434. The van der Waals surface area contributed by atoms with Gasteiger partial charge in [0.2, 0.25) is 5.91 Å². The van der Waals surface area contributed by atoms with E-state index in [0.29, 0.717) is 19.0 Å². The maximum absolute atomic E-state index is 13.0. The predicted molar refractivity (Wildman–Crippen MR) is 84.7 cm³/mol. The Labute approximate surface area is 126 Å². The van der Waals surface area contributed by atoms with Crippen LogP contribution < -0.4 is 16.0 Å². The Morgan fingerprint density at radius 3 is 2.43 bits per heavy atom. The number of hydrogen-bond donors (Lipinski definition) is 2. The van der Waals surface area contributed by atoms with Crippen LogP contribution in [0.5, 0.6) is 0 Å². The number of carbonyl (C=O) groups is 1. The number of anilines is 1. The molecule has 0 radical (unpaired) electrons. The first-order chi connectivity index (χ1) is 9.93. The Balaban J connectivity index is 2.69. The number of nitrogens with two attached hydrogens (primary N) is 1. The highest BCUT2D eigenvalue weighted by atomic mass is 19.1. The lowest BCUT2D eigenvalue weighted by atomic mass is 10.1. The Kier molecular flexibility index (Phi) is 7.15. The van der Waals surface area contributed by atoms with E-state index in [-0.39, 0.29) is 24.3 Å². The second-order valence-electron chi connectivity index (χ2n) is 5.64. The van der Waals surface area contributed by atoms with E-state index in [4.69, 9.17) is 5.73 Å². The maximum Gasteiger partial charge on any atom is 0.239 e. The quantitative estimate of drug-likeness (QED) is 0.772. The largest absolute Gasteiger partial charge is 0.362 e. The summed E-state index contributed by atoms with van der Waals surface area (Å²) in [6.07, 6.45) is 0.782. The molecule has 0 heterocycles. The van der Waals surface area contributed by atoms with E-state index in [2.05, 4.69) is 19.2 Å². The number of benzene rings is 1. The average molecular weight is 295 g/mol. The van der Waals surface area contributed by atoms with Crippen LogP contribution >= 0.6 is 0 Å². The van der Waals surface area contributed by atoms with E-state index in [1.807, 2.05) is 11.8 Å². The molecule has 0 fully saturated rings. The third kappa shape index (κ3) is 6.12. The fourth-order valence-corrected chi connectivity index (χ4v) is 1.87. The zero-order valence-corrected chi connectivity index (χ0v) is 13.1. The van der Waals surface area contributed by atoms with Crippen molar-refractivity contribution >= 4 is 11.6 Å². The van der Waals surface area contributed by atoms with E-state index in [1.165, 1.54) is 12.1 Å². The molecular weight excluding hydrogens is 269 g/mol. The van der Waals surface area contributed by atoms with Crippen LogP contribution in [0.1, 0.15) is 27.2 Å². The van der Waals surface area contributed by atoms with Crippen molar-refractivity contribution in [1.82, 2.24) is 5.32 Å². The van der Waals surface area contributed by atoms with Crippen LogP contribution in [0.15, 0.2) is 24.3 Å². The number of carbonyl (C=O) groups excluding carboxylic acids is 1. The summed E-state index contributed by atoms with van der Waals surface area (Å²) in [7, 11) is 0. The highest BCUT2D eigenvalue weighted by Crippen LogP contribution is 2.15. The van der Waals surface area contributed by atoms with Gasteiger partial charge in [-0.15, -0.1) is 0 Å². The maximum atomic E-state index is 13.0. The third-order valence-electron chi connectivity index (χ3n) is 3.55. The smallest absolute Gasteiger partial charge is 0.239 e. The normalized spacial score (nSPS) is 12.3. The van der Waals surface area contributed by atoms with E-state index in [0.717, 1.165) is 12.1 Å². The molecule has 0 bridgehead atoms. The summed E-state index contributed by atoms with van der Waals surface area (Å²) in [5.41, 5.74) is 6.37. The molecule has 118 valence electrons. The minimum Gasteiger partial charge on any atom is -0.362 e. The van der Waals surface area contributed by atoms with Crippen molar-refractivity contribution in [2.45, 2.75) is 33.2 Å². The molecule has 4 nitrogen and oxygen atoms in total. The molecule has 1 aromatic rings. The topological polar surface area (TPSA) is 58.4 Å². The van der Waals surface area contributed by atoms with Crippen LogP contribution in [0.25, 0.3) is 0 Å². The minimum absolute atomic E-state index is 0.0300. The van der Waals surface area contributed by atoms with Crippen molar-refractivity contribution in [1.29, 1.82) is 0 Å². The molecule has 1 amide bonds. The van der Waals surface area contributed by atoms with Gasteiger partial charge in [0, 0.05) is 18.3 Å².